The molecule has 1 fully saturated rings. The van der Waals surface area contributed by atoms with E-state index < -0.39 is 0 Å². The third-order valence-electron chi connectivity index (χ3n) is 3.41. The number of likely N-dealkylation sites (tertiary alicyclic amines) is 1. The molecule has 17 heavy (non-hydrogen) atoms. The number of pyridine rings is 1. The van der Waals surface area contributed by atoms with Crippen molar-refractivity contribution in [1.82, 2.24) is 19.5 Å². The molecule has 1 aliphatic heterocycles. The monoisotopic (exact) mass is 230 g/mol. The van der Waals surface area contributed by atoms with Crippen LogP contribution in [-0.2, 0) is 0 Å². The summed E-state index contributed by atoms with van der Waals surface area (Å²) in [6.45, 7) is 1.10. The standard InChI is InChI=1S/C12H14N4O/c1-15-5-2-3-10(15)12-14-13-11-7-9(8-17)4-6-16(11)12/h4,6-8,10H,2-3,5H2,1H3. The zero-order valence-electron chi connectivity index (χ0n) is 9.71. The molecule has 2 aromatic rings. The summed E-state index contributed by atoms with van der Waals surface area (Å²) in [5.41, 5.74) is 1.38. The zero-order valence-corrected chi connectivity index (χ0v) is 9.71. The molecular formula is C12H14N4O. The Kier molecular flexibility index (Phi) is 2.40. The number of aromatic nitrogens is 3. The Balaban J connectivity index is 2.08. The zero-order chi connectivity index (χ0) is 11.8. The van der Waals surface area contributed by atoms with Crippen LogP contribution < -0.4 is 0 Å². The van der Waals surface area contributed by atoms with Crippen LogP contribution in [0.4, 0.5) is 0 Å². The van der Waals surface area contributed by atoms with Gasteiger partial charge in [0.1, 0.15) is 6.29 Å². The second-order valence-electron chi connectivity index (χ2n) is 4.50. The molecule has 1 atom stereocenters. The molecule has 0 aromatic carbocycles. The van der Waals surface area contributed by atoms with Gasteiger partial charge < -0.3 is 0 Å². The fourth-order valence-corrected chi connectivity index (χ4v) is 2.46. The van der Waals surface area contributed by atoms with Crippen LogP contribution in [0.5, 0.6) is 0 Å². The molecule has 1 aliphatic rings. The summed E-state index contributed by atoms with van der Waals surface area (Å²) < 4.78 is 1.97. The first-order chi connectivity index (χ1) is 8.29. The molecule has 3 rings (SSSR count). The molecule has 0 bridgehead atoms. The van der Waals surface area contributed by atoms with Crippen molar-refractivity contribution in [3.63, 3.8) is 0 Å². The summed E-state index contributed by atoms with van der Waals surface area (Å²) >= 11 is 0. The van der Waals surface area contributed by atoms with E-state index in [9.17, 15) is 4.79 Å². The average molecular weight is 230 g/mol. The van der Waals surface area contributed by atoms with Crippen molar-refractivity contribution in [2.45, 2.75) is 18.9 Å². The van der Waals surface area contributed by atoms with Crippen LogP contribution >= 0.6 is 0 Å². The van der Waals surface area contributed by atoms with Crippen LogP contribution in [-0.4, -0.2) is 39.4 Å². The van der Waals surface area contributed by atoms with Gasteiger partial charge in [0.15, 0.2) is 11.5 Å². The fourth-order valence-electron chi connectivity index (χ4n) is 2.46. The Morgan fingerprint density at radius 2 is 2.35 bits per heavy atom. The molecule has 2 aromatic heterocycles. The summed E-state index contributed by atoms with van der Waals surface area (Å²) in [6.07, 6.45) is 5.02. The highest BCUT2D eigenvalue weighted by Gasteiger charge is 2.26. The molecule has 1 unspecified atom stereocenters. The van der Waals surface area contributed by atoms with E-state index in [4.69, 9.17) is 0 Å². The Morgan fingerprint density at radius 1 is 1.47 bits per heavy atom. The minimum absolute atomic E-state index is 0.340. The van der Waals surface area contributed by atoms with Crippen molar-refractivity contribution in [1.29, 1.82) is 0 Å². The van der Waals surface area contributed by atoms with Gasteiger partial charge >= 0.3 is 0 Å². The second kappa shape index (κ2) is 3.92. The first-order valence-corrected chi connectivity index (χ1v) is 5.79. The summed E-state index contributed by atoms with van der Waals surface area (Å²) in [5, 5.41) is 8.39. The number of nitrogens with zero attached hydrogens (tertiary/aromatic N) is 4. The van der Waals surface area contributed by atoms with Crippen LogP contribution in [0.25, 0.3) is 5.65 Å². The summed E-state index contributed by atoms with van der Waals surface area (Å²) in [4.78, 5) is 13.0. The Bertz CT molecular complexity index is 563. The van der Waals surface area contributed by atoms with E-state index in [1.165, 1.54) is 6.42 Å². The molecule has 0 radical (unpaired) electrons. The van der Waals surface area contributed by atoms with Crippen LogP contribution in [0.1, 0.15) is 35.1 Å². The van der Waals surface area contributed by atoms with Gasteiger partial charge in [0, 0.05) is 11.8 Å². The molecule has 0 saturated carbocycles. The molecular weight excluding hydrogens is 216 g/mol. The number of rotatable bonds is 2. The topological polar surface area (TPSA) is 50.5 Å². The highest BCUT2D eigenvalue weighted by Crippen LogP contribution is 2.29. The molecule has 5 heteroatoms. The lowest BCUT2D eigenvalue weighted by Crippen LogP contribution is -2.19. The molecule has 0 spiro atoms. The van der Waals surface area contributed by atoms with Crippen molar-refractivity contribution >= 4 is 11.9 Å². The third-order valence-corrected chi connectivity index (χ3v) is 3.41. The number of fused-ring (bicyclic) bond motifs is 1. The number of carbonyl (C=O) groups excluding carboxylic acids is 1. The lowest BCUT2D eigenvalue weighted by Gasteiger charge is -2.17. The van der Waals surface area contributed by atoms with Gasteiger partial charge in [-0.3, -0.25) is 14.1 Å². The lowest BCUT2D eigenvalue weighted by atomic mass is 10.2. The number of hydrogen-bond donors (Lipinski definition) is 0. The molecule has 0 N–H and O–H groups in total. The summed E-state index contributed by atoms with van der Waals surface area (Å²) in [5.74, 6) is 0.970. The molecule has 1 saturated heterocycles. The van der Waals surface area contributed by atoms with E-state index in [0.29, 0.717) is 11.6 Å². The number of carbonyl (C=O) groups is 1. The normalized spacial score (nSPS) is 21.1. The van der Waals surface area contributed by atoms with Gasteiger partial charge in [-0.25, -0.2) is 0 Å². The van der Waals surface area contributed by atoms with Crippen molar-refractivity contribution in [3.05, 3.63) is 29.7 Å². The average Bonchev–Trinajstić information content (AvgIpc) is 2.94. The first kappa shape index (κ1) is 10.4. The molecule has 88 valence electrons. The Labute approximate surface area is 99.1 Å². The van der Waals surface area contributed by atoms with E-state index in [2.05, 4.69) is 22.1 Å². The molecule has 0 aliphatic carbocycles. The van der Waals surface area contributed by atoms with E-state index in [0.717, 1.165) is 30.7 Å². The Hall–Kier alpha value is -1.75. The largest absolute Gasteiger partial charge is 0.298 e. The molecule has 0 amide bonds. The predicted molar refractivity (Wildman–Crippen MR) is 63.0 cm³/mol. The third kappa shape index (κ3) is 1.63. The van der Waals surface area contributed by atoms with Gasteiger partial charge in [0.25, 0.3) is 0 Å². The Morgan fingerprint density at radius 3 is 3.06 bits per heavy atom. The van der Waals surface area contributed by atoms with Gasteiger partial charge in [-0.15, -0.1) is 10.2 Å². The van der Waals surface area contributed by atoms with Crippen molar-refractivity contribution in [2.75, 3.05) is 13.6 Å². The van der Waals surface area contributed by atoms with Crippen molar-refractivity contribution < 1.29 is 4.79 Å². The van der Waals surface area contributed by atoms with E-state index in [1.807, 2.05) is 10.6 Å². The van der Waals surface area contributed by atoms with E-state index in [1.54, 1.807) is 12.1 Å². The minimum Gasteiger partial charge on any atom is -0.298 e. The summed E-state index contributed by atoms with van der Waals surface area (Å²) in [6, 6.07) is 3.90. The highest BCUT2D eigenvalue weighted by atomic mass is 16.1. The van der Waals surface area contributed by atoms with Crippen LogP contribution in [0.2, 0.25) is 0 Å². The molecule has 3 heterocycles. The maximum Gasteiger partial charge on any atom is 0.161 e. The van der Waals surface area contributed by atoms with Crippen molar-refractivity contribution in [2.24, 2.45) is 0 Å². The van der Waals surface area contributed by atoms with Crippen LogP contribution in [0.15, 0.2) is 18.3 Å². The lowest BCUT2D eigenvalue weighted by molar-refractivity contribution is 0.112. The SMILES string of the molecule is CN1CCCC1c1nnc2cc(C=O)ccn12. The second-order valence-corrected chi connectivity index (χ2v) is 4.50. The maximum absolute atomic E-state index is 10.7. The predicted octanol–water partition coefficient (Wildman–Crippen LogP) is 1.31. The minimum atomic E-state index is 0.340. The van der Waals surface area contributed by atoms with E-state index >= 15 is 0 Å². The summed E-state index contributed by atoms with van der Waals surface area (Å²) in [7, 11) is 2.11. The van der Waals surface area contributed by atoms with Gasteiger partial charge in [0.2, 0.25) is 0 Å². The number of hydrogen-bond acceptors (Lipinski definition) is 4. The van der Waals surface area contributed by atoms with Crippen LogP contribution in [0.3, 0.4) is 0 Å². The van der Waals surface area contributed by atoms with Crippen molar-refractivity contribution in [3.8, 4) is 0 Å². The maximum atomic E-state index is 10.7. The quantitative estimate of drug-likeness (QED) is 0.730. The van der Waals surface area contributed by atoms with Gasteiger partial charge in [0.05, 0.1) is 6.04 Å². The smallest absolute Gasteiger partial charge is 0.161 e. The first-order valence-electron chi connectivity index (χ1n) is 5.79. The fraction of sp³-hybridized carbons (Fsp3) is 0.417. The molecule has 5 nitrogen and oxygen atoms in total. The van der Waals surface area contributed by atoms with Gasteiger partial charge in [-0.1, -0.05) is 0 Å². The van der Waals surface area contributed by atoms with Gasteiger partial charge in [-0.05, 0) is 38.6 Å². The van der Waals surface area contributed by atoms with E-state index in [-0.39, 0.29) is 0 Å². The van der Waals surface area contributed by atoms with Gasteiger partial charge in [-0.2, -0.15) is 0 Å². The van der Waals surface area contributed by atoms with Crippen LogP contribution in [0, 0.1) is 0 Å². The number of aldehydes is 1. The highest BCUT2D eigenvalue weighted by molar-refractivity contribution is 5.76.